The van der Waals surface area contributed by atoms with Crippen LogP contribution in [0.1, 0.15) is 6.92 Å². The van der Waals surface area contributed by atoms with Crippen molar-refractivity contribution in [1.29, 1.82) is 0 Å². The predicted molar refractivity (Wildman–Crippen MR) is 68.8 cm³/mol. The van der Waals surface area contributed by atoms with Crippen LogP contribution in [0.3, 0.4) is 0 Å². The highest BCUT2D eigenvalue weighted by molar-refractivity contribution is 5.77. The van der Waals surface area contributed by atoms with Gasteiger partial charge in [-0.3, -0.25) is 13.9 Å². The zero-order chi connectivity index (χ0) is 12.5. The lowest BCUT2D eigenvalue weighted by Gasteiger charge is -2.11. The van der Waals surface area contributed by atoms with E-state index < -0.39 is 0 Å². The highest BCUT2D eigenvalue weighted by atomic mass is 16.1. The second kappa shape index (κ2) is 4.10. The lowest BCUT2D eigenvalue weighted by molar-refractivity contribution is 0.679. The average molecular weight is 240 g/mol. The van der Waals surface area contributed by atoms with E-state index in [0.717, 1.165) is 0 Å². The minimum absolute atomic E-state index is 0.0215. The van der Waals surface area contributed by atoms with Gasteiger partial charge < -0.3 is 0 Å². The Hall–Kier alpha value is -2.43. The molecule has 0 unspecified atom stereocenters. The van der Waals surface area contributed by atoms with E-state index in [-0.39, 0.29) is 5.56 Å². The van der Waals surface area contributed by atoms with E-state index in [1.165, 1.54) is 0 Å². The van der Waals surface area contributed by atoms with Gasteiger partial charge in [0.05, 0.1) is 10.9 Å². The fourth-order valence-electron chi connectivity index (χ4n) is 2.02. The molecule has 0 amide bonds. The molecule has 1 aromatic carbocycles. The van der Waals surface area contributed by atoms with Gasteiger partial charge in [0.2, 0.25) is 5.95 Å². The first kappa shape index (κ1) is 10.7. The number of para-hydroxylation sites is 1. The Morgan fingerprint density at radius 3 is 2.83 bits per heavy atom. The van der Waals surface area contributed by atoms with E-state index in [0.29, 0.717) is 23.4 Å². The van der Waals surface area contributed by atoms with Crippen LogP contribution in [0.2, 0.25) is 0 Å². The van der Waals surface area contributed by atoms with Crippen molar-refractivity contribution in [2.45, 2.75) is 13.5 Å². The fourth-order valence-corrected chi connectivity index (χ4v) is 2.02. The molecule has 0 N–H and O–H groups in total. The quantitative estimate of drug-likeness (QED) is 0.683. The molecule has 0 aliphatic carbocycles. The summed E-state index contributed by atoms with van der Waals surface area (Å²) in [4.78, 5) is 20.9. The molecule has 0 aliphatic rings. The van der Waals surface area contributed by atoms with Gasteiger partial charge in [-0.1, -0.05) is 12.1 Å². The highest BCUT2D eigenvalue weighted by Gasteiger charge is 2.10. The van der Waals surface area contributed by atoms with Crippen molar-refractivity contribution >= 4 is 10.9 Å². The maximum absolute atomic E-state index is 12.4. The molecule has 0 atom stereocenters. The number of rotatable bonds is 2. The molecule has 2 aromatic heterocycles. The number of fused-ring (bicyclic) bond motifs is 1. The number of benzene rings is 1. The topological polar surface area (TPSA) is 52.7 Å². The number of imidazole rings is 1. The molecule has 0 saturated heterocycles. The Bertz CT molecular complexity index is 743. The van der Waals surface area contributed by atoms with Crippen LogP contribution in [0.4, 0.5) is 0 Å². The van der Waals surface area contributed by atoms with Gasteiger partial charge in [-0.2, -0.15) is 0 Å². The van der Waals surface area contributed by atoms with E-state index in [1.54, 1.807) is 33.9 Å². The molecule has 0 saturated carbocycles. The molecule has 0 bridgehead atoms. The number of nitrogens with zero attached hydrogens (tertiary/aromatic N) is 4. The van der Waals surface area contributed by atoms with Crippen molar-refractivity contribution < 1.29 is 0 Å². The first-order chi connectivity index (χ1) is 8.81. The maximum atomic E-state index is 12.4. The molecule has 2 heterocycles. The van der Waals surface area contributed by atoms with Gasteiger partial charge in [0, 0.05) is 18.9 Å². The summed E-state index contributed by atoms with van der Waals surface area (Å²) in [6.45, 7) is 2.50. The van der Waals surface area contributed by atoms with E-state index >= 15 is 0 Å². The summed E-state index contributed by atoms with van der Waals surface area (Å²) in [5, 5.41) is 0.642. The van der Waals surface area contributed by atoms with Crippen molar-refractivity contribution in [2.75, 3.05) is 0 Å². The van der Waals surface area contributed by atoms with Crippen molar-refractivity contribution in [3.8, 4) is 5.95 Å². The highest BCUT2D eigenvalue weighted by Crippen LogP contribution is 2.10. The summed E-state index contributed by atoms with van der Waals surface area (Å²) in [7, 11) is 0. The van der Waals surface area contributed by atoms with Gasteiger partial charge in [0.1, 0.15) is 6.33 Å². The van der Waals surface area contributed by atoms with E-state index in [2.05, 4.69) is 9.97 Å². The second-order valence-corrected chi connectivity index (χ2v) is 3.95. The lowest BCUT2D eigenvalue weighted by atomic mass is 10.2. The van der Waals surface area contributed by atoms with Gasteiger partial charge in [-0.25, -0.2) is 9.97 Å². The zero-order valence-corrected chi connectivity index (χ0v) is 9.95. The normalized spacial score (nSPS) is 10.9. The molecule has 3 aromatic rings. The third kappa shape index (κ3) is 1.52. The maximum Gasteiger partial charge on any atom is 0.262 e. The first-order valence-corrected chi connectivity index (χ1v) is 5.79. The molecule has 5 heteroatoms. The van der Waals surface area contributed by atoms with Crippen LogP contribution in [-0.2, 0) is 6.54 Å². The van der Waals surface area contributed by atoms with Crippen LogP contribution in [0.15, 0.2) is 47.8 Å². The van der Waals surface area contributed by atoms with E-state index in [1.807, 2.05) is 25.1 Å². The molecular weight excluding hydrogens is 228 g/mol. The minimum Gasteiger partial charge on any atom is -0.278 e. The summed E-state index contributed by atoms with van der Waals surface area (Å²) < 4.78 is 3.39. The Morgan fingerprint density at radius 2 is 2.11 bits per heavy atom. The molecule has 90 valence electrons. The Labute approximate surface area is 103 Å². The largest absolute Gasteiger partial charge is 0.278 e. The minimum atomic E-state index is -0.0215. The van der Waals surface area contributed by atoms with Crippen LogP contribution >= 0.6 is 0 Å². The van der Waals surface area contributed by atoms with E-state index in [9.17, 15) is 4.79 Å². The molecule has 0 spiro atoms. The van der Waals surface area contributed by atoms with Crippen LogP contribution in [-0.4, -0.2) is 19.1 Å². The number of aromatic nitrogens is 4. The Kier molecular flexibility index (Phi) is 2.44. The fraction of sp³-hybridized carbons (Fsp3) is 0.154. The predicted octanol–water partition coefficient (Wildman–Crippen LogP) is 1.60. The smallest absolute Gasteiger partial charge is 0.262 e. The molecule has 0 radical (unpaired) electrons. The molecule has 18 heavy (non-hydrogen) atoms. The SMILES string of the molecule is CCn1c(-n2ccnc2)nc2ccccc2c1=O. The zero-order valence-electron chi connectivity index (χ0n) is 9.95. The van der Waals surface area contributed by atoms with Crippen LogP contribution in [0.5, 0.6) is 0 Å². The van der Waals surface area contributed by atoms with Crippen LogP contribution in [0, 0.1) is 0 Å². The van der Waals surface area contributed by atoms with Crippen molar-refractivity contribution in [3.63, 3.8) is 0 Å². The van der Waals surface area contributed by atoms with Crippen molar-refractivity contribution in [1.82, 2.24) is 19.1 Å². The summed E-state index contributed by atoms with van der Waals surface area (Å²) >= 11 is 0. The Balaban J connectivity index is 2.42. The average Bonchev–Trinajstić information content (AvgIpc) is 2.92. The van der Waals surface area contributed by atoms with Crippen LogP contribution < -0.4 is 5.56 Å². The van der Waals surface area contributed by atoms with E-state index in [4.69, 9.17) is 0 Å². The van der Waals surface area contributed by atoms with Gasteiger partial charge in [-0.05, 0) is 19.1 Å². The number of hydrogen-bond donors (Lipinski definition) is 0. The molecule has 0 fully saturated rings. The second-order valence-electron chi connectivity index (χ2n) is 3.95. The standard InChI is InChI=1S/C13H12N4O/c1-2-17-12(18)10-5-3-4-6-11(10)15-13(17)16-8-7-14-9-16/h3-9H,2H2,1H3. The molecule has 3 rings (SSSR count). The first-order valence-electron chi connectivity index (χ1n) is 5.79. The van der Waals surface area contributed by atoms with Crippen molar-refractivity contribution in [3.05, 3.63) is 53.3 Å². The molecule has 0 aliphatic heterocycles. The van der Waals surface area contributed by atoms with Gasteiger partial charge in [0.25, 0.3) is 5.56 Å². The summed E-state index contributed by atoms with van der Waals surface area (Å²) in [6, 6.07) is 7.37. The van der Waals surface area contributed by atoms with Crippen molar-refractivity contribution in [2.24, 2.45) is 0 Å². The number of hydrogen-bond acceptors (Lipinski definition) is 3. The third-order valence-corrected chi connectivity index (χ3v) is 2.89. The van der Waals surface area contributed by atoms with Gasteiger partial charge in [-0.15, -0.1) is 0 Å². The monoisotopic (exact) mass is 240 g/mol. The third-order valence-electron chi connectivity index (χ3n) is 2.89. The van der Waals surface area contributed by atoms with Gasteiger partial charge in [0.15, 0.2) is 0 Å². The van der Waals surface area contributed by atoms with Gasteiger partial charge >= 0.3 is 0 Å². The summed E-state index contributed by atoms with van der Waals surface area (Å²) in [6.07, 6.45) is 5.09. The summed E-state index contributed by atoms with van der Waals surface area (Å²) in [5.74, 6) is 0.596. The summed E-state index contributed by atoms with van der Waals surface area (Å²) in [5.41, 5.74) is 0.683. The Morgan fingerprint density at radius 1 is 1.28 bits per heavy atom. The lowest BCUT2D eigenvalue weighted by Crippen LogP contribution is -2.24. The van der Waals surface area contributed by atoms with Crippen LogP contribution in [0.25, 0.3) is 16.9 Å². The molecule has 5 nitrogen and oxygen atoms in total. The molecular formula is C13H12N4O.